The van der Waals surface area contributed by atoms with Crippen LogP contribution in [0.25, 0.3) is 22.5 Å². The molecular formula is C33H35ClN6O10. The van der Waals surface area contributed by atoms with Crippen LogP contribution in [0, 0.1) is 0 Å². The minimum Gasteiger partial charge on any atom is -0.438 e. The van der Waals surface area contributed by atoms with Gasteiger partial charge >= 0.3 is 18.3 Å². The second-order valence-electron chi connectivity index (χ2n) is 11.5. The maximum Gasteiger partial charge on any atom is 0.511 e. The van der Waals surface area contributed by atoms with Crippen LogP contribution in [0.2, 0.25) is 5.15 Å². The minimum absolute atomic E-state index is 0.0126. The van der Waals surface area contributed by atoms with E-state index in [2.05, 4.69) is 37.3 Å². The van der Waals surface area contributed by atoms with Gasteiger partial charge in [-0.3, -0.25) is 0 Å². The number of hydrogen-bond acceptors (Lipinski definition) is 14. The summed E-state index contributed by atoms with van der Waals surface area (Å²) in [4.78, 5) is 42.1. The zero-order valence-electron chi connectivity index (χ0n) is 27.4. The standard InChI is InChI=1S/C33H35ClN6O10/c1-4-5-10-25-35-29(34)26(40(25)15-19-11-13-20(14-12-19)21-8-6-7-9-22(21)30-36-38-39-37-30)31(41)47-18(2)48-33(43)50-24-17-46-27-23(16-45-28(24)27)49-32(42)44-3/h6-9,11-14,18,23-24,27-28H,4-5,10,15-17H2,1-3H3,(H,36,37,38,39)/t18?,23-,24-,27-,28-/m1/s1. The number of aryl methyl sites for hydroxylation is 1. The lowest BCUT2D eigenvalue weighted by atomic mass is 9.98. The average molecular weight is 711 g/mol. The smallest absolute Gasteiger partial charge is 0.438 e. The van der Waals surface area contributed by atoms with Gasteiger partial charge < -0.3 is 37.7 Å². The molecule has 2 aromatic heterocycles. The van der Waals surface area contributed by atoms with Crippen LogP contribution in [0.3, 0.4) is 0 Å². The summed E-state index contributed by atoms with van der Waals surface area (Å²) in [5.41, 5.74) is 3.60. The fourth-order valence-corrected chi connectivity index (χ4v) is 6.13. The van der Waals surface area contributed by atoms with E-state index in [9.17, 15) is 14.4 Å². The van der Waals surface area contributed by atoms with Crippen LogP contribution in [-0.2, 0) is 46.1 Å². The van der Waals surface area contributed by atoms with Gasteiger partial charge in [-0.25, -0.2) is 19.4 Å². The third-order valence-corrected chi connectivity index (χ3v) is 8.49. The molecule has 2 saturated heterocycles. The zero-order chi connectivity index (χ0) is 35.2. The molecule has 6 rings (SSSR count). The van der Waals surface area contributed by atoms with Crippen LogP contribution in [0.15, 0.2) is 48.5 Å². The number of unbranched alkanes of at least 4 members (excludes halogenated alkanes) is 1. The molecule has 0 aliphatic carbocycles. The summed E-state index contributed by atoms with van der Waals surface area (Å²) in [7, 11) is 1.19. The predicted octanol–water partition coefficient (Wildman–Crippen LogP) is 4.75. The summed E-state index contributed by atoms with van der Waals surface area (Å²) in [5, 5.41) is 14.4. The third-order valence-electron chi connectivity index (χ3n) is 8.23. The van der Waals surface area contributed by atoms with Crippen molar-refractivity contribution in [3.63, 3.8) is 0 Å². The van der Waals surface area contributed by atoms with Crippen LogP contribution in [0.1, 0.15) is 48.6 Å². The molecule has 1 N–H and O–H groups in total. The van der Waals surface area contributed by atoms with Crippen molar-refractivity contribution in [3.8, 4) is 22.5 Å². The molecule has 4 aromatic rings. The molecule has 0 saturated carbocycles. The molecule has 2 aliphatic heterocycles. The number of nitrogens with zero attached hydrogens (tertiary/aromatic N) is 5. The molecule has 264 valence electrons. The summed E-state index contributed by atoms with van der Waals surface area (Å²) < 4.78 is 38.7. The topological polar surface area (TPSA) is 188 Å². The van der Waals surface area contributed by atoms with E-state index in [0.717, 1.165) is 35.1 Å². The Labute approximate surface area is 291 Å². The molecule has 4 heterocycles. The van der Waals surface area contributed by atoms with E-state index in [1.54, 1.807) is 4.57 Å². The molecule has 2 aliphatic rings. The number of imidazole rings is 1. The Balaban J connectivity index is 1.11. The van der Waals surface area contributed by atoms with Gasteiger partial charge in [0.05, 0.1) is 20.3 Å². The number of tetrazole rings is 1. The number of aromatic amines is 1. The molecular weight excluding hydrogens is 676 g/mol. The summed E-state index contributed by atoms with van der Waals surface area (Å²) in [6, 6.07) is 15.6. The molecule has 16 nitrogen and oxygen atoms in total. The highest BCUT2D eigenvalue weighted by Crippen LogP contribution is 2.32. The van der Waals surface area contributed by atoms with Crippen LogP contribution < -0.4 is 0 Å². The van der Waals surface area contributed by atoms with Crippen molar-refractivity contribution in [1.82, 2.24) is 30.2 Å². The fourth-order valence-electron chi connectivity index (χ4n) is 5.86. The van der Waals surface area contributed by atoms with Crippen molar-refractivity contribution in [2.75, 3.05) is 20.3 Å². The normalized spacial score (nSPS) is 20.2. The molecule has 50 heavy (non-hydrogen) atoms. The Morgan fingerprint density at radius 3 is 2.30 bits per heavy atom. The number of halogens is 1. The van der Waals surface area contributed by atoms with Gasteiger partial charge in [0.2, 0.25) is 12.1 Å². The Hall–Kier alpha value is -5.06. The van der Waals surface area contributed by atoms with Crippen molar-refractivity contribution in [2.45, 2.75) is 70.4 Å². The molecule has 0 radical (unpaired) electrons. The van der Waals surface area contributed by atoms with Gasteiger partial charge in [-0.1, -0.05) is 73.5 Å². The lowest BCUT2D eigenvalue weighted by Gasteiger charge is -2.19. The van der Waals surface area contributed by atoms with Crippen molar-refractivity contribution >= 4 is 29.9 Å². The molecule has 5 atom stereocenters. The van der Waals surface area contributed by atoms with Gasteiger partial charge in [0.15, 0.2) is 23.1 Å². The number of methoxy groups -OCH3 is 1. The van der Waals surface area contributed by atoms with Gasteiger partial charge in [-0.2, -0.15) is 5.21 Å². The van der Waals surface area contributed by atoms with Gasteiger partial charge in [-0.05, 0) is 28.3 Å². The average Bonchev–Trinajstić information content (AvgIpc) is 3.91. The minimum atomic E-state index is -1.34. The van der Waals surface area contributed by atoms with E-state index in [4.69, 9.17) is 40.0 Å². The predicted molar refractivity (Wildman–Crippen MR) is 173 cm³/mol. The quantitative estimate of drug-likeness (QED) is 0.120. The Morgan fingerprint density at radius 2 is 1.66 bits per heavy atom. The maximum absolute atomic E-state index is 13.5. The Morgan fingerprint density at radius 1 is 0.980 bits per heavy atom. The number of fused-ring (bicyclic) bond motifs is 1. The molecule has 0 spiro atoms. The summed E-state index contributed by atoms with van der Waals surface area (Å²) >= 11 is 6.52. The number of aromatic nitrogens is 6. The van der Waals surface area contributed by atoms with E-state index in [1.807, 2.05) is 48.5 Å². The number of benzene rings is 2. The van der Waals surface area contributed by atoms with Crippen molar-refractivity contribution < 1.29 is 47.5 Å². The molecule has 2 aromatic carbocycles. The van der Waals surface area contributed by atoms with Gasteiger partial charge in [0.1, 0.15) is 18.0 Å². The Bertz CT molecular complexity index is 1800. The number of ether oxygens (including phenoxy) is 7. The van der Waals surface area contributed by atoms with Gasteiger partial charge in [0.25, 0.3) is 0 Å². The molecule has 0 bridgehead atoms. The second kappa shape index (κ2) is 15.7. The second-order valence-corrected chi connectivity index (χ2v) is 11.9. The van der Waals surface area contributed by atoms with Crippen molar-refractivity contribution in [1.29, 1.82) is 0 Å². The first-order valence-electron chi connectivity index (χ1n) is 16.0. The first-order valence-corrected chi connectivity index (χ1v) is 16.4. The highest BCUT2D eigenvalue weighted by molar-refractivity contribution is 6.32. The lowest BCUT2D eigenvalue weighted by Crippen LogP contribution is -2.36. The summed E-state index contributed by atoms with van der Waals surface area (Å²) in [6.45, 7) is 3.73. The highest BCUT2D eigenvalue weighted by Gasteiger charge is 2.51. The van der Waals surface area contributed by atoms with Gasteiger partial charge in [-0.15, -0.1) is 10.2 Å². The van der Waals surface area contributed by atoms with Crippen molar-refractivity contribution in [2.24, 2.45) is 0 Å². The first kappa shape index (κ1) is 34.8. The number of carbonyl (C=O) groups excluding carboxylic acids is 3. The molecule has 17 heteroatoms. The third kappa shape index (κ3) is 7.72. The van der Waals surface area contributed by atoms with Crippen LogP contribution in [0.5, 0.6) is 0 Å². The number of rotatable bonds is 12. The van der Waals surface area contributed by atoms with Crippen LogP contribution in [0.4, 0.5) is 9.59 Å². The van der Waals surface area contributed by atoms with E-state index < -0.39 is 49.0 Å². The highest BCUT2D eigenvalue weighted by atomic mass is 35.5. The molecule has 0 amide bonds. The summed E-state index contributed by atoms with van der Waals surface area (Å²) in [6.07, 6.45) is -3.89. The van der Waals surface area contributed by atoms with E-state index in [0.29, 0.717) is 18.1 Å². The largest absolute Gasteiger partial charge is 0.511 e. The molecule has 2 fully saturated rings. The van der Waals surface area contributed by atoms with E-state index in [-0.39, 0.29) is 30.6 Å². The number of nitrogens with one attached hydrogen (secondary N) is 1. The molecule has 1 unspecified atom stereocenters. The number of esters is 1. The van der Waals surface area contributed by atoms with E-state index >= 15 is 0 Å². The zero-order valence-corrected chi connectivity index (χ0v) is 28.2. The SMILES string of the molecule is CCCCc1nc(Cl)c(C(=O)OC(C)OC(=O)O[C@@H]2CO[C@H]3[C@@H]2OC[C@H]3OC(=O)OC)n1Cc1ccc(-c2ccccc2-c2nn[nH]n2)cc1. The fraction of sp³-hybridized carbons (Fsp3) is 0.424. The monoisotopic (exact) mass is 710 g/mol. The Kier molecular flexibility index (Phi) is 10.9. The van der Waals surface area contributed by atoms with Crippen molar-refractivity contribution in [3.05, 3.63) is 70.8 Å². The number of carbonyl (C=O) groups is 3. The van der Waals surface area contributed by atoms with Gasteiger partial charge in [0, 0.05) is 25.5 Å². The first-order chi connectivity index (χ1) is 24.2. The number of hydrogen-bond donors (Lipinski definition) is 1. The number of H-pyrrole nitrogens is 1. The van der Waals surface area contributed by atoms with Crippen LogP contribution >= 0.6 is 11.6 Å². The maximum atomic E-state index is 13.5. The lowest BCUT2D eigenvalue weighted by molar-refractivity contribution is -0.0992. The van der Waals surface area contributed by atoms with Crippen LogP contribution in [-0.4, -0.2) is 99.5 Å². The summed E-state index contributed by atoms with van der Waals surface area (Å²) in [5.74, 6) is 0.269. The van der Waals surface area contributed by atoms with E-state index in [1.165, 1.54) is 14.0 Å².